The molecule has 1 amide bonds. The summed E-state index contributed by atoms with van der Waals surface area (Å²) in [5.41, 5.74) is 0. The van der Waals surface area contributed by atoms with E-state index in [-0.39, 0.29) is 5.91 Å². The number of carbonyl (C=O) groups is 1. The molecule has 7 heteroatoms. The lowest BCUT2D eigenvalue weighted by Gasteiger charge is -2.07. The zero-order valence-corrected chi connectivity index (χ0v) is 12.6. The Balaban J connectivity index is 3.07. The van der Waals surface area contributed by atoms with Crippen molar-refractivity contribution in [3.05, 3.63) is 0 Å². The summed E-state index contributed by atoms with van der Waals surface area (Å²) in [5, 5.41) is 5.71. The molecular weight excluding hydrogens is 264 g/mol. The van der Waals surface area contributed by atoms with Crippen molar-refractivity contribution in [1.82, 2.24) is 10.6 Å². The van der Waals surface area contributed by atoms with Gasteiger partial charge in [-0.1, -0.05) is 0 Å². The second-order valence-electron chi connectivity index (χ2n) is 4.03. The van der Waals surface area contributed by atoms with E-state index in [1.54, 1.807) is 7.11 Å². The van der Waals surface area contributed by atoms with Crippen LogP contribution in [0, 0.1) is 0 Å². The van der Waals surface area contributed by atoms with Gasteiger partial charge in [-0.25, -0.2) is 0 Å². The Morgan fingerprint density at radius 2 is 1.45 bits per heavy atom. The van der Waals surface area contributed by atoms with Crippen molar-refractivity contribution >= 4 is 5.91 Å². The molecule has 0 atom stereocenters. The molecule has 0 aliphatic carbocycles. The Morgan fingerprint density at radius 1 is 0.850 bits per heavy atom. The number of methoxy groups -OCH3 is 1. The highest BCUT2D eigenvalue weighted by Gasteiger charge is 1.99. The molecule has 0 unspecified atom stereocenters. The molecule has 0 saturated heterocycles. The lowest BCUT2D eigenvalue weighted by atomic mass is 10.4. The van der Waals surface area contributed by atoms with Gasteiger partial charge in [0.2, 0.25) is 5.91 Å². The molecule has 20 heavy (non-hydrogen) atoms. The van der Waals surface area contributed by atoms with E-state index in [1.165, 1.54) is 0 Å². The summed E-state index contributed by atoms with van der Waals surface area (Å²) in [4.78, 5) is 11.3. The van der Waals surface area contributed by atoms with Crippen LogP contribution in [0.25, 0.3) is 0 Å². The number of hydrogen-bond acceptors (Lipinski definition) is 6. The second kappa shape index (κ2) is 16.3. The van der Waals surface area contributed by atoms with Gasteiger partial charge in [0.15, 0.2) is 0 Å². The van der Waals surface area contributed by atoms with Crippen LogP contribution >= 0.6 is 0 Å². The van der Waals surface area contributed by atoms with Gasteiger partial charge in [-0.3, -0.25) is 4.79 Å². The quantitative estimate of drug-likeness (QED) is 0.393. The first-order valence-electron chi connectivity index (χ1n) is 6.94. The molecular formula is C13H28N2O5. The summed E-state index contributed by atoms with van der Waals surface area (Å²) in [6.45, 7) is 5.14. The van der Waals surface area contributed by atoms with Gasteiger partial charge in [0.05, 0.1) is 46.2 Å². The van der Waals surface area contributed by atoms with Crippen molar-refractivity contribution in [2.75, 3.05) is 73.5 Å². The van der Waals surface area contributed by atoms with Crippen LogP contribution in [0.5, 0.6) is 0 Å². The molecule has 120 valence electrons. The number of amides is 1. The molecule has 0 aromatic carbocycles. The number of likely N-dealkylation sites (N-methyl/N-ethyl adjacent to an activating group) is 1. The van der Waals surface area contributed by atoms with Gasteiger partial charge in [-0.05, 0) is 7.05 Å². The van der Waals surface area contributed by atoms with Gasteiger partial charge >= 0.3 is 0 Å². The zero-order chi connectivity index (χ0) is 14.9. The Bertz CT molecular complexity index is 217. The summed E-state index contributed by atoms with van der Waals surface area (Å²) < 4.78 is 20.7. The van der Waals surface area contributed by atoms with Crippen LogP contribution in [0.2, 0.25) is 0 Å². The second-order valence-corrected chi connectivity index (χ2v) is 4.03. The maximum absolute atomic E-state index is 11.3. The predicted octanol–water partition coefficient (Wildman–Crippen LogP) is -0.592. The summed E-state index contributed by atoms with van der Waals surface area (Å²) in [5.74, 6) is -0.0269. The Kier molecular flexibility index (Phi) is 15.7. The number of ether oxygens (including phenoxy) is 4. The number of nitrogens with one attached hydrogen (secondary N) is 2. The molecule has 0 aromatic heterocycles. The maximum atomic E-state index is 11.3. The van der Waals surface area contributed by atoms with Crippen molar-refractivity contribution in [3.8, 4) is 0 Å². The smallest absolute Gasteiger partial charge is 0.222 e. The SMILES string of the molecule is CNCCOCCOCCOCCC(=O)NCCOC. The van der Waals surface area contributed by atoms with Gasteiger partial charge in [-0.15, -0.1) is 0 Å². The van der Waals surface area contributed by atoms with E-state index in [4.69, 9.17) is 18.9 Å². The van der Waals surface area contributed by atoms with Crippen molar-refractivity contribution in [2.45, 2.75) is 6.42 Å². The number of hydrogen-bond donors (Lipinski definition) is 2. The Morgan fingerprint density at radius 3 is 2.05 bits per heavy atom. The van der Waals surface area contributed by atoms with Crippen LogP contribution in [0.1, 0.15) is 6.42 Å². The number of rotatable bonds is 15. The minimum Gasteiger partial charge on any atom is -0.383 e. The lowest BCUT2D eigenvalue weighted by molar-refractivity contribution is -0.122. The monoisotopic (exact) mass is 292 g/mol. The Hall–Kier alpha value is -0.730. The van der Waals surface area contributed by atoms with Gasteiger partial charge < -0.3 is 29.6 Å². The minimum atomic E-state index is -0.0269. The maximum Gasteiger partial charge on any atom is 0.222 e. The van der Waals surface area contributed by atoms with Crippen LogP contribution in [0.15, 0.2) is 0 Å². The standard InChI is InChI=1S/C13H28N2O5/c1-14-4-8-19-10-12-20-11-9-18-6-3-13(16)15-5-7-17-2/h14H,3-12H2,1-2H3,(H,15,16). The van der Waals surface area contributed by atoms with E-state index in [0.29, 0.717) is 59.2 Å². The normalized spacial score (nSPS) is 10.7. The van der Waals surface area contributed by atoms with Crippen molar-refractivity contribution < 1.29 is 23.7 Å². The Labute approximate surface area is 121 Å². The van der Waals surface area contributed by atoms with E-state index in [2.05, 4.69) is 10.6 Å². The van der Waals surface area contributed by atoms with E-state index in [0.717, 1.165) is 6.54 Å². The van der Waals surface area contributed by atoms with Crippen LogP contribution in [0.3, 0.4) is 0 Å². The highest BCUT2D eigenvalue weighted by Crippen LogP contribution is 1.85. The van der Waals surface area contributed by atoms with E-state index < -0.39 is 0 Å². The topological polar surface area (TPSA) is 78.0 Å². The van der Waals surface area contributed by atoms with Gasteiger partial charge in [0, 0.05) is 26.6 Å². The van der Waals surface area contributed by atoms with Crippen molar-refractivity contribution in [3.63, 3.8) is 0 Å². The fourth-order valence-electron chi connectivity index (χ4n) is 1.26. The predicted molar refractivity (Wildman–Crippen MR) is 75.9 cm³/mol. The molecule has 0 fully saturated rings. The van der Waals surface area contributed by atoms with Crippen molar-refractivity contribution in [1.29, 1.82) is 0 Å². The first-order valence-corrected chi connectivity index (χ1v) is 6.94. The molecule has 0 aliphatic rings. The fraction of sp³-hybridized carbons (Fsp3) is 0.923. The molecule has 0 saturated carbocycles. The lowest BCUT2D eigenvalue weighted by Crippen LogP contribution is -2.27. The summed E-state index contributed by atoms with van der Waals surface area (Å²) >= 11 is 0. The molecule has 0 spiro atoms. The average Bonchev–Trinajstić information content (AvgIpc) is 2.45. The van der Waals surface area contributed by atoms with Gasteiger partial charge in [-0.2, -0.15) is 0 Å². The van der Waals surface area contributed by atoms with E-state index >= 15 is 0 Å². The molecule has 0 aromatic rings. The van der Waals surface area contributed by atoms with E-state index in [9.17, 15) is 4.79 Å². The molecule has 0 radical (unpaired) electrons. The largest absolute Gasteiger partial charge is 0.383 e. The summed E-state index contributed by atoms with van der Waals surface area (Å²) in [6.07, 6.45) is 0.358. The first kappa shape index (κ1) is 19.3. The molecule has 0 rings (SSSR count). The third kappa shape index (κ3) is 15.3. The number of carbonyl (C=O) groups excluding carboxylic acids is 1. The highest BCUT2D eigenvalue weighted by atomic mass is 16.5. The van der Waals surface area contributed by atoms with Gasteiger partial charge in [0.1, 0.15) is 0 Å². The molecule has 0 heterocycles. The molecule has 0 aliphatic heterocycles. The third-order valence-electron chi connectivity index (χ3n) is 2.34. The summed E-state index contributed by atoms with van der Waals surface area (Å²) in [6, 6.07) is 0. The van der Waals surface area contributed by atoms with Crippen LogP contribution < -0.4 is 10.6 Å². The molecule has 2 N–H and O–H groups in total. The molecule has 7 nitrogen and oxygen atoms in total. The van der Waals surface area contributed by atoms with Crippen LogP contribution in [-0.2, 0) is 23.7 Å². The third-order valence-corrected chi connectivity index (χ3v) is 2.34. The van der Waals surface area contributed by atoms with Gasteiger partial charge in [0.25, 0.3) is 0 Å². The van der Waals surface area contributed by atoms with Crippen molar-refractivity contribution in [2.24, 2.45) is 0 Å². The average molecular weight is 292 g/mol. The first-order chi connectivity index (χ1) is 9.81. The van der Waals surface area contributed by atoms with Crippen LogP contribution in [-0.4, -0.2) is 79.4 Å². The summed E-state index contributed by atoms with van der Waals surface area (Å²) in [7, 11) is 3.48. The highest BCUT2D eigenvalue weighted by molar-refractivity contribution is 5.75. The zero-order valence-electron chi connectivity index (χ0n) is 12.6. The minimum absolute atomic E-state index is 0.0269. The van der Waals surface area contributed by atoms with Crippen LogP contribution in [0.4, 0.5) is 0 Å². The fourth-order valence-corrected chi connectivity index (χ4v) is 1.26. The van der Waals surface area contributed by atoms with E-state index in [1.807, 2.05) is 7.05 Å². The molecule has 0 bridgehead atoms.